The van der Waals surface area contributed by atoms with E-state index in [0.717, 1.165) is 6.08 Å². The number of esters is 1. The molecule has 1 aromatic carbocycles. The van der Waals surface area contributed by atoms with Gasteiger partial charge in [0.2, 0.25) is 11.7 Å². The number of alkyl halides is 3. The lowest BCUT2D eigenvalue weighted by atomic mass is 9.98. The van der Waals surface area contributed by atoms with Crippen LogP contribution in [0.3, 0.4) is 0 Å². The van der Waals surface area contributed by atoms with Gasteiger partial charge in [-0.2, -0.15) is 17.7 Å². The van der Waals surface area contributed by atoms with E-state index in [1.807, 2.05) is 0 Å². The number of benzene rings is 1. The van der Waals surface area contributed by atoms with Gasteiger partial charge in [0.15, 0.2) is 12.2 Å². The van der Waals surface area contributed by atoms with Gasteiger partial charge in [-0.25, -0.2) is 9.18 Å². The summed E-state index contributed by atoms with van der Waals surface area (Å²) in [5.41, 5.74) is 0.0167. The number of amides is 2. The summed E-state index contributed by atoms with van der Waals surface area (Å²) in [5.74, 6) is -5.31. The molecule has 3 rings (SSSR count). The molecule has 12 heteroatoms. The SMILES string of the molecule is CN(C)C(=O)CC1CN(Cc2ccc(F)cc2)C(=O)C2=[N+]1C=CC(=O)C2OC(=O)C(F)(F)F. The minimum absolute atomic E-state index is 0.0161. The van der Waals surface area contributed by atoms with Crippen molar-refractivity contribution in [2.45, 2.75) is 31.3 Å². The van der Waals surface area contributed by atoms with Crippen LogP contribution < -0.4 is 0 Å². The summed E-state index contributed by atoms with van der Waals surface area (Å²) in [6.45, 7) is -0.0846. The van der Waals surface area contributed by atoms with Crippen molar-refractivity contribution in [1.29, 1.82) is 0 Å². The maximum Gasteiger partial charge on any atom is 0.490 e. The first-order chi connectivity index (χ1) is 15.4. The first kappa shape index (κ1) is 24.1. The van der Waals surface area contributed by atoms with E-state index < -0.39 is 47.5 Å². The number of hydrogen-bond acceptors (Lipinski definition) is 5. The molecule has 8 nitrogen and oxygen atoms in total. The number of ether oxygens (including phenoxy) is 1. The monoisotopic (exact) mass is 470 g/mol. The van der Waals surface area contributed by atoms with Gasteiger partial charge in [-0.3, -0.25) is 14.4 Å². The third kappa shape index (κ3) is 5.26. The van der Waals surface area contributed by atoms with Crippen LogP contribution in [0.1, 0.15) is 12.0 Å². The van der Waals surface area contributed by atoms with Crippen molar-refractivity contribution in [1.82, 2.24) is 9.80 Å². The van der Waals surface area contributed by atoms with Gasteiger partial charge in [0, 0.05) is 26.7 Å². The van der Waals surface area contributed by atoms with Gasteiger partial charge in [0.05, 0.1) is 13.0 Å². The molecule has 0 aromatic heterocycles. The van der Waals surface area contributed by atoms with Crippen LogP contribution in [0, 0.1) is 5.82 Å². The molecule has 1 aromatic rings. The summed E-state index contributed by atoms with van der Waals surface area (Å²) in [6, 6.07) is 4.46. The van der Waals surface area contributed by atoms with Crippen molar-refractivity contribution in [3.63, 3.8) is 0 Å². The van der Waals surface area contributed by atoms with E-state index in [2.05, 4.69) is 4.74 Å². The number of hydrogen-bond donors (Lipinski definition) is 0. The normalized spacial score (nSPS) is 20.6. The smallest absolute Gasteiger partial charge is 0.436 e. The predicted octanol–water partition coefficient (Wildman–Crippen LogP) is 1.04. The fraction of sp³-hybridized carbons (Fsp3) is 0.381. The Morgan fingerprint density at radius 3 is 2.39 bits per heavy atom. The van der Waals surface area contributed by atoms with Gasteiger partial charge >= 0.3 is 18.1 Å². The molecule has 0 fully saturated rings. The Balaban J connectivity index is 2.01. The molecule has 2 amide bonds. The Bertz CT molecular complexity index is 1050. The molecule has 0 bridgehead atoms. The molecule has 0 aliphatic carbocycles. The molecular formula is C21H20F4N3O5+. The third-order valence-electron chi connectivity index (χ3n) is 5.17. The van der Waals surface area contributed by atoms with Gasteiger partial charge < -0.3 is 14.5 Å². The zero-order valence-electron chi connectivity index (χ0n) is 17.6. The first-order valence-electron chi connectivity index (χ1n) is 9.77. The molecule has 2 unspecified atom stereocenters. The Kier molecular flexibility index (Phi) is 6.65. The van der Waals surface area contributed by atoms with Gasteiger partial charge in [-0.05, 0) is 17.7 Å². The minimum atomic E-state index is -5.38. The highest BCUT2D eigenvalue weighted by molar-refractivity contribution is 6.44. The maximum absolute atomic E-state index is 13.2. The molecular weight excluding hydrogens is 450 g/mol. The van der Waals surface area contributed by atoms with Crippen LogP contribution >= 0.6 is 0 Å². The van der Waals surface area contributed by atoms with Crippen LogP contribution in [-0.4, -0.2) is 82.6 Å². The number of carbonyl (C=O) groups excluding carboxylic acids is 4. The lowest BCUT2D eigenvalue weighted by Gasteiger charge is -2.33. The molecule has 2 atom stereocenters. The van der Waals surface area contributed by atoms with Crippen molar-refractivity contribution in [3.8, 4) is 0 Å². The van der Waals surface area contributed by atoms with Gasteiger partial charge in [-0.1, -0.05) is 12.1 Å². The molecule has 2 aliphatic rings. The Morgan fingerprint density at radius 2 is 1.82 bits per heavy atom. The number of nitrogens with zero attached hydrogens (tertiary/aromatic N) is 3. The molecule has 0 saturated carbocycles. The van der Waals surface area contributed by atoms with Crippen LogP contribution in [0.4, 0.5) is 17.6 Å². The topological polar surface area (TPSA) is 87.0 Å². The summed E-state index contributed by atoms with van der Waals surface area (Å²) < 4.78 is 57.2. The highest BCUT2D eigenvalue weighted by Gasteiger charge is 2.52. The van der Waals surface area contributed by atoms with E-state index in [-0.39, 0.29) is 25.4 Å². The number of carbonyl (C=O) groups is 4. The summed E-state index contributed by atoms with van der Waals surface area (Å²) >= 11 is 0. The van der Waals surface area contributed by atoms with Gasteiger partial charge in [-0.15, -0.1) is 0 Å². The van der Waals surface area contributed by atoms with Crippen molar-refractivity contribution in [2.24, 2.45) is 0 Å². The largest absolute Gasteiger partial charge is 0.490 e. The van der Waals surface area contributed by atoms with E-state index in [0.29, 0.717) is 5.56 Å². The second-order valence-electron chi connectivity index (χ2n) is 7.75. The van der Waals surface area contributed by atoms with Crippen LogP contribution in [0.5, 0.6) is 0 Å². The lowest BCUT2D eigenvalue weighted by molar-refractivity contribution is -0.506. The zero-order chi connectivity index (χ0) is 24.5. The average molecular weight is 470 g/mol. The Hall–Kier alpha value is -3.57. The maximum atomic E-state index is 13.2. The predicted molar refractivity (Wildman–Crippen MR) is 104 cm³/mol. The number of rotatable bonds is 5. The molecule has 0 spiro atoms. The average Bonchev–Trinajstić information content (AvgIpc) is 2.73. The van der Waals surface area contributed by atoms with Crippen LogP contribution in [-0.2, 0) is 30.5 Å². The zero-order valence-corrected chi connectivity index (χ0v) is 17.6. The molecule has 0 N–H and O–H groups in total. The van der Waals surface area contributed by atoms with Crippen molar-refractivity contribution < 1.29 is 46.1 Å². The van der Waals surface area contributed by atoms with Crippen LogP contribution in [0.15, 0.2) is 36.5 Å². The van der Waals surface area contributed by atoms with Crippen molar-refractivity contribution in [2.75, 3.05) is 20.6 Å². The molecule has 0 saturated heterocycles. The summed E-state index contributed by atoms with van der Waals surface area (Å²) in [6.07, 6.45) is -5.55. The second-order valence-corrected chi connectivity index (χ2v) is 7.75. The van der Waals surface area contributed by atoms with E-state index in [9.17, 15) is 36.7 Å². The van der Waals surface area contributed by atoms with Crippen LogP contribution in [0.25, 0.3) is 0 Å². The molecule has 0 radical (unpaired) electrons. The van der Waals surface area contributed by atoms with Crippen LogP contribution in [0.2, 0.25) is 0 Å². The molecule has 176 valence electrons. The molecule has 2 heterocycles. The van der Waals surface area contributed by atoms with Gasteiger partial charge in [0.25, 0.3) is 11.8 Å². The van der Waals surface area contributed by atoms with E-state index in [1.54, 1.807) is 0 Å². The highest BCUT2D eigenvalue weighted by atomic mass is 19.4. The number of halogens is 4. The number of ketones is 1. The van der Waals surface area contributed by atoms with Crippen molar-refractivity contribution in [3.05, 3.63) is 47.9 Å². The summed E-state index contributed by atoms with van der Waals surface area (Å²) in [7, 11) is 3.03. The standard InChI is InChI=1S/C21H20F4N3O5/c1-26(2)16(30)9-14-11-27(10-12-3-5-13(22)6-4-12)19(31)17-18(15(29)7-8-28(14)17)33-20(32)21(23,24)25/h3-8,14,18H,9-11H2,1-2H3/q+1. The second kappa shape index (κ2) is 9.12. The quantitative estimate of drug-likeness (QED) is 0.365. The third-order valence-corrected chi connectivity index (χ3v) is 5.17. The lowest BCUT2D eigenvalue weighted by Crippen LogP contribution is -2.60. The first-order valence-corrected chi connectivity index (χ1v) is 9.77. The van der Waals surface area contributed by atoms with E-state index in [4.69, 9.17) is 0 Å². The molecule has 2 aliphatic heterocycles. The van der Waals surface area contributed by atoms with E-state index >= 15 is 0 Å². The fourth-order valence-electron chi connectivity index (χ4n) is 3.50. The summed E-state index contributed by atoms with van der Waals surface area (Å²) in [5, 5.41) is 0. The minimum Gasteiger partial charge on any atom is -0.436 e. The Labute approximate surface area is 185 Å². The molecule has 33 heavy (non-hydrogen) atoms. The summed E-state index contributed by atoms with van der Waals surface area (Å²) in [4.78, 5) is 51.8. The van der Waals surface area contributed by atoms with E-state index in [1.165, 1.54) is 58.9 Å². The highest BCUT2D eigenvalue weighted by Crippen LogP contribution is 2.24. The van der Waals surface area contributed by atoms with Gasteiger partial charge in [0.1, 0.15) is 5.82 Å². The fourth-order valence-corrected chi connectivity index (χ4v) is 3.50. The Morgan fingerprint density at radius 1 is 1.18 bits per heavy atom. The van der Waals surface area contributed by atoms with Crippen molar-refractivity contribution >= 4 is 29.3 Å².